The van der Waals surface area contributed by atoms with Crippen LogP contribution < -0.4 is 5.11 Å². The van der Waals surface area contributed by atoms with Crippen molar-refractivity contribution in [2.24, 2.45) is 0 Å². The molecule has 2 unspecified atom stereocenters. The number of nitrogens with zero attached hydrogens (tertiary/aromatic N) is 1. The first kappa shape index (κ1) is 55.5. The number of carbonyl (C=O) groups excluding carboxylic acids is 3. The van der Waals surface area contributed by atoms with E-state index in [1.54, 1.807) is 0 Å². The van der Waals surface area contributed by atoms with E-state index >= 15 is 0 Å². The largest absolute Gasteiger partial charge is 0.545 e. The van der Waals surface area contributed by atoms with Crippen molar-refractivity contribution in [1.82, 2.24) is 0 Å². The Bertz CT molecular complexity index is 1050. The molecule has 0 saturated carbocycles. The number of carboxylic acid groups (broad SMARTS) is 1. The summed E-state index contributed by atoms with van der Waals surface area (Å²) in [6.07, 6.45) is 43.6. The molecule has 58 heavy (non-hydrogen) atoms. The van der Waals surface area contributed by atoms with E-state index in [1.807, 2.05) is 21.1 Å². The Kier molecular flexibility index (Phi) is 39.5. The summed E-state index contributed by atoms with van der Waals surface area (Å²) in [5, 5.41) is 11.6. The molecule has 0 saturated heterocycles. The highest BCUT2D eigenvalue weighted by Crippen LogP contribution is 2.15. The second kappa shape index (κ2) is 41.3. The molecule has 0 bridgehead atoms. The molecule has 9 nitrogen and oxygen atoms in total. The van der Waals surface area contributed by atoms with Crippen LogP contribution in [0.15, 0.2) is 36.5 Å². The van der Waals surface area contributed by atoms with E-state index in [2.05, 4.69) is 50.3 Å². The average molecular weight is 820 g/mol. The number of carbonyl (C=O) groups is 3. The molecule has 0 aromatic rings. The Morgan fingerprint density at radius 2 is 0.931 bits per heavy atom. The molecule has 9 heteroatoms. The number of hydrogen-bond donors (Lipinski definition) is 0. The number of aliphatic carboxylic acids is 1. The summed E-state index contributed by atoms with van der Waals surface area (Å²) in [7, 11) is 5.90. The van der Waals surface area contributed by atoms with Gasteiger partial charge < -0.3 is 33.3 Å². The fraction of sp³-hybridized carbons (Fsp3) is 0.816. The van der Waals surface area contributed by atoms with E-state index in [-0.39, 0.29) is 38.6 Å². The van der Waals surface area contributed by atoms with E-state index in [4.69, 9.17) is 18.9 Å². The first-order chi connectivity index (χ1) is 28.1. The Labute approximate surface area is 356 Å². The molecule has 0 aliphatic rings. The Morgan fingerprint density at radius 3 is 1.38 bits per heavy atom. The van der Waals surface area contributed by atoms with Crippen LogP contribution in [0.4, 0.5) is 0 Å². The van der Waals surface area contributed by atoms with Crippen molar-refractivity contribution in [2.45, 2.75) is 212 Å². The third-order valence-electron chi connectivity index (χ3n) is 10.1. The van der Waals surface area contributed by atoms with Crippen molar-refractivity contribution in [2.75, 3.05) is 47.5 Å². The number of carboxylic acids is 1. The monoisotopic (exact) mass is 820 g/mol. The highest BCUT2D eigenvalue weighted by molar-refractivity contribution is 5.70. The van der Waals surface area contributed by atoms with Gasteiger partial charge in [0.25, 0.3) is 0 Å². The van der Waals surface area contributed by atoms with Crippen LogP contribution in [0.25, 0.3) is 0 Å². The smallest absolute Gasteiger partial charge is 0.306 e. The quantitative estimate of drug-likeness (QED) is 0.0197. The third-order valence-corrected chi connectivity index (χ3v) is 10.1. The zero-order chi connectivity index (χ0) is 42.8. The van der Waals surface area contributed by atoms with Gasteiger partial charge in [0.2, 0.25) is 0 Å². The van der Waals surface area contributed by atoms with E-state index in [0.717, 1.165) is 57.8 Å². The molecule has 0 amide bonds. The van der Waals surface area contributed by atoms with Gasteiger partial charge in [-0.05, 0) is 51.4 Å². The third kappa shape index (κ3) is 41.7. The molecule has 2 atom stereocenters. The first-order valence-electron chi connectivity index (χ1n) is 23.6. The molecule has 338 valence electrons. The van der Waals surface area contributed by atoms with E-state index in [0.29, 0.717) is 17.4 Å². The van der Waals surface area contributed by atoms with Crippen LogP contribution >= 0.6 is 0 Å². The number of likely N-dealkylation sites (N-methyl/N-ethyl adjacent to an activating group) is 1. The minimum atomic E-state index is -1.62. The highest BCUT2D eigenvalue weighted by atomic mass is 16.7. The molecular weight excluding hydrogens is 731 g/mol. The standard InChI is InChI=1S/C49H89NO8/c1-6-8-10-12-14-15-16-17-18-19-20-21-22-23-24-25-26-27-28-29-30-31-32-33-34-36-38-40-47(52)58-45(43-56-46(51)39-37-35-13-11-9-7-2)44-57-49(48(53)54)55-42-41-50(3,4)5/h16-17,19-20,22-23,45,49H,6-15,18,21,24-44H2,1-5H3/b17-16-,20-19-,23-22-. The lowest BCUT2D eigenvalue weighted by Crippen LogP contribution is -2.44. The van der Waals surface area contributed by atoms with Gasteiger partial charge in [-0.25, -0.2) is 0 Å². The number of esters is 2. The fourth-order valence-corrected chi connectivity index (χ4v) is 6.42. The van der Waals surface area contributed by atoms with E-state index in [1.165, 1.54) is 109 Å². The van der Waals surface area contributed by atoms with Crippen molar-refractivity contribution in [3.8, 4) is 0 Å². The Morgan fingerprint density at radius 1 is 0.517 bits per heavy atom. The lowest BCUT2D eigenvalue weighted by molar-refractivity contribution is -0.870. The maximum absolute atomic E-state index is 12.7. The van der Waals surface area contributed by atoms with Crippen LogP contribution in [0.1, 0.15) is 200 Å². The second-order valence-electron chi connectivity index (χ2n) is 17.1. The van der Waals surface area contributed by atoms with Gasteiger partial charge in [-0.3, -0.25) is 9.59 Å². The molecular formula is C49H89NO8. The SMILES string of the molecule is CCCCCCC/C=C\C/C=C\C/C=C\CCCCCCCCCCCCCCC(=O)OC(COC(=O)CCCCCCCC)COC(OCC[N+](C)(C)C)C(=O)[O-]. The number of hydrogen-bond acceptors (Lipinski definition) is 8. The highest BCUT2D eigenvalue weighted by Gasteiger charge is 2.21. The number of rotatable bonds is 43. The van der Waals surface area contributed by atoms with Crippen molar-refractivity contribution >= 4 is 17.9 Å². The predicted molar refractivity (Wildman–Crippen MR) is 237 cm³/mol. The molecule has 0 aromatic heterocycles. The molecule has 0 rings (SSSR count). The van der Waals surface area contributed by atoms with Gasteiger partial charge in [0.05, 0.1) is 40.3 Å². The first-order valence-corrected chi connectivity index (χ1v) is 23.6. The predicted octanol–water partition coefficient (Wildman–Crippen LogP) is 11.3. The van der Waals surface area contributed by atoms with Gasteiger partial charge in [0.1, 0.15) is 13.2 Å². The molecule has 0 aromatic carbocycles. The van der Waals surface area contributed by atoms with Crippen LogP contribution in [0.3, 0.4) is 0 Å². The maximum Gasteiger partial charge on any atom is 0.306 e. The van der Waals surface area contributed by atoms with Crippen LogP contribution in [0, 0.1) is 0 Å². The second-order valence-corrected chi connectivity index (χ2v) is 17.1. The summed E-state index contributed by atoms with van der Waals surface area (Å²) in [5.74, 6) is -2.29. The maximum atomic E-state index is 12.7. The van der Waals surface area contributed by atoms with Crippen molar-refractivity contribution in [3.63, 3.8) is 0 Å². The van der Waals surface area contributed by atoms with Crippen LogP contribution in [-0.2, 0) is 33.3 Å². The average Bonchev–Trinajstić information content (AvgIpc) is 3.18. The van der Waals surface area contributed by atoms with Crippen LogP contribution in [0.5, 0.6) is 0 Å². The molecule has 0 fully saturated rings. The Hall–Kier alpha value is -2.49. The van der Waals surface area contributed by atoms with Gasteiger partial charge in [-0.2, -0.15) is 0 Å². The number of unbranched alkanes of at least 4 members (excludes halogenated alkanes) is 22. The zero-order valence-electron chi connectivity index (χ0n) is 38.2. The lowest BCUT2D eigenvalue weighted by atomic mass is 10.0. The van der Waals surface area contributed by atoms with Crippen molar-refractivity contribution in [3.05, 3.63) is 36.5 Å². The summed E-state index contributed by atoms with van der Waals surface area (Å²) in [4.78, 5) is 36.7. The van der Waals surface area contributed by atoms with E-state index in [9.17, 15) is 19.5 Å². The summed E-state index contributed by atoms with van der Waals surface area (Å²) in [5.41, 5.74) is 0. The fourth-order valence-electron chi connectivity index (χ4n) is 6.42. The molecule has 0 aliphatic carbocycles. The lowest BCUT2D eigenvalue weighted by Gasteiger charge is -2.26. The van der Waals surface area contributed by atoms with Gasteiger partial charge >= 0.3 is 11.9 Å². The van der Waals surface area contributed by atoms with Gasteiger partial charge in [0, 0.05) is 12.8 Å². The topological polar surface area (TPSA) is 111 Å². The molecule has 0 radical (unpaired) electrons. The minimum absolute atomic E-state index is 0.148. The summed E-state index contributed by atoms with van der Waals surface area (Å²) in [6, 6.07) is 0. The minimum Gasteiger partial charge on any atom is -0.545 e. The molecule has 0 spiro atoms. The van der Waals surface area contributed by atoms with Crippen molar-refractivity contribution < 1.29 is 42.9 Å². The van der Waals surface area contributed by atoms with Gasteiger partial charge in [-0.1, -0.05) is 172 Å². The number of quaternary nitrogens is 1. The van der Waals surface area contributed by atoms with Crippen LogP contribution in [-0.4, -0.2) is 82.3 Å². The molecule has 0 heterocycles. The summed E-state index contributed by atoms with van der Waals surface area (Å²) < 4.78 is 22.4. The molecule has 0 N–H and O–H groups in total. The summed E-state index contributed by atoms with van der Waals surface area (Å²) >= 11 is 0. The Balaban J connectivity index is 4.12. The van der Waals surface area contributed by atoms with Crippen LogP contribution in [0.2, 0.25) is 0 Å². The van der Waals surface area contributed by atoms with Gasteiger partial charge in [0.15, 0.2) is 12.4 Å². The van der Waals surface area contributed by atoms with Gasteiger partial charge in [-0.15, -0.1) is 0 Å². The van der Waals surface area contributed by atoms with E-state index < -0.39 is 24.3 Å². The summed E-state index contributed by atoms with van der Waals surface area (Å²) in [6.45, 7) is 4.66. The van der Waals surface area contributed by atoms with Crippen molar-refractivity contribution in [1.29, 1.82) is 0 Å². The number of ether oxygens (including phenoxy) is 4. The molecule has 0 aliphatic heterocycles. The normalized spacial score (nSPS) is 13.2. The zero-order valence-corrected chi connectivity index (χ0v) is 38.2. The number of allylic oxidation sites excluding steroid dienone is 6.